The molecule has 1 heterocycles. The van der Waals surface area contributed by atoms with Gasteiger partial charge in [0.25, 0.3) is 0 Å². The maximum absolute atomic E-state index is 5.19. The molecule has 0 radical (unpaired) electrons. The van der Waals surface area contributed by atoms with Gasteiger partial charge in [0.1, 0.15) is 0 Å². The molecular weight excluding hydrogens is 122 g/mol. The summed E-state index contributed by atoms with van der Waals surface area (Å²) in [5.74, 6) is 2.67. The van der Waals surface area contributed by atoms with Crippen molar-refractivity contribution in [2.45, 2.75) is 12.8 Å². The number of rotatable bonds is 1. The van der Waals surface area contributed by atoms with Crippen molar-refractivity contribution in [1.82, 2.24) is 4.90 Å². The van der Waals surface area contributed by atoms with E-state index in [1.54, 1.807) is 0 Å². The topological polar surface area (TPSA) is 3.24 Å². The Hall–Kier alpha value is -0.740. The molecule has 1 heteroatoms. The SMILES string of the molecule is C#CCC1=CCN(C)CC1. The molecule has 0 fully saturated rings. The molecular formula is C9H13N. The molecule has 0 aliphatic carbocycles. The van der Waals surface area contributed by atoms with E-state index in [0.29, 0.717) is 0 Å². The summed E-state index contributed by atoms with van der Waals surface area (Å²) in [5.41, 5.74) is 1.43. The molecule has 10 heavy (non-hydrogen) atoms. The molecule has 0 unspecified atom stereocenters. The summed E-state index contributed by atoms with van der Waals surface area (Å²) in [6.07, 6.45) is 9.42. The molecule has 0 atom stereocenters. The number of hydrogen-bond donors (Lipinski definition) is 0. The number of terminal acetylenes is 1. The summed E-state index contributed by atoms with van der Waals surface area (Å²) < 4.78 is 0. The van der Waals surface area contributed by atoms with Crippen molar-refractivity contribution in [2.24, 2.45) is 0 Å². The van der Waals surface area contributed by atoms with Gasteiger partial charge in [0, 0.05) is 19.5 Å². The molecule has 0 aromatic carbocycles. The lowest BCUT2D eigenvalue weighted by atomic mass is 10.1. The van der Waals surface area contributed by atoms with Crippen LogP contribution in [0.2, 0.25) is 0 Å². The average molecular weight is 135 g/mol. The predicted octanol–water partition coefficient (Wildman–Crippen LogP) is 1.27. The highest BCUT2D eigenvalue weighted by Crippen LogP contribution is 2.11. The second-order valence-corrected chi connectivity index (χ2v) is 2.76. The summed E-state index contributed by atoms with van der Waals surface area (Å²) >= 11 is 0. The zero-order valence-electron chi connectivity index (χ0n) is 6.43. The molecule has 54 valence electrons. The predicted molar refractivity (Wildman–Crippen MR) is 43.6 cm³/mol. The van der Waals surface area contributed by atoms with Crippen LogP contribution in [0.15, 0.2) is 11.6 Å². The highest BCUT2D eigenvalue weighted by molar-refractivity contribution is 5.13. The Morgan fingerprint density at radius 3 is 3.10 bits per heavy atom. The number of nitrogens with zero attached hydrogens (tertiary/aromatic N) is 1. The molecule has 1 rings (SSSR count). The molecule has 0 saturated heterocycles. The van der Waals surface area contributed by atoms with Gasteiger partial charge < -0.3 is 4.90 Å². The molecule has 0 N–H and O–H groups in total. The normalized spacial score (nSPS) is 19.8. The number of likely N-dealkylation sites (N-methyl/N-ethyl adjacent to an activating group) is 1. The summed E-state index contributed by atoms with van der Waals surface area (Å²) in [6.45, 7) is 2.23. The summed E-state index contributed by atoms with van der Waals surface area (Å²) in [5, 5.41) is 0. The van der Waals surface area contributed by atoms with Gasteiger partial charge in [-0.25, -0.2) is 0 Å². The first kappa shape index (κ1) is 7.37. The van der Waals surface area contributed by atoms with Gasteiger partial charge in [-0.3, -0.25) is 0 Å². The molecule has 0 bridgehead atoms. The fraction of sp³-hybridized carbons (Fsp3) is 0.556. The van der Waals surface area contributed by atoms with Gasteiger partial charge in [-0.1, -0.05) is 11.6 Å². The lowest BCUT2D eigenvalue weighted by molar-refractivity contribution is 0.358. The van der Waals surface area contributed by atoms with Crippen LogP contribution in [0.3, 0.4) is 0 Å². The summed E-state index contributed by atoms with van der Waals surface area (Å²) in [6, 6.07) is 0. The quantitative estimate of drug-likeness (QED) is 0.386. The molecule has 0 spiro atoms. The van der Waals surface area contributed by atoms with E-state index in [1.165, 1.54) is 5.57 Å². The first-order chi connectivity index (χ1) is 4.83. The van der Waals surface area contributed by atoms with Crippen LogP contribution < -0.4 is 0 Å². The smallest absolute Gasteiger partial charge is 0.0297 e. The minimum Gasteiger partial charge on any atom is -0.302 e. The van der Waals surface area contributed by atoms with Gasteiger partial charge in [0.15, 0.2) is 0 Å². The van der Waals surface area contributed by atoms with Crippen molar-refractivity contribution in [2.75, 3.05) is 20.1 Å². The van der Waals surface area contributed by atoms with Crippen molar-refractivity contribution in [1.29, 1.82) is 0 Å². The van der Waals surface area contributed by atoms with Crippen LogP contribution in [-0.4, -0.2) is 25.0 Å². The largest absolute Gasteiger partial charge is 0.302 e. The van der Waals surface area contributed by atoms with E-state index < -0.39 is 0 Å². The lowest BCUT2D eigenvalue weighted by Gasteiger charge is -2.20. The molecule has 1 aliphatic rings. The van der Waals surface area contributed by atoms with E-state index in [2.05, 4.69) is 23.9 Å². The third-order valence-electron chi connectivity index (χ3n) is 1.84. The fourth-order valence-corrected chi connectivity index (χ4v) is 1.10. The highest BCUT2D eigenvalue weighted by atomic mass is 15.1. The Balaban J connectivity index is 2.42. The first-order valence-electron chi connectivity index (χ1n) is 3.63. The summed E-state index contributed by atoms with van der Waals surface area (Å²) in [4.78, 5) is 2.29. The highest BCUT2D eigenvalue weighted by Gasteiger charge is 2.05. The zero-order valence-corrected chi connectivity index (χ0v) is 6.43. The molecule has 1 aliphatic heterocycles. The van der Waals surface area contributed by atoms with Crippen LogP contribution in [0.1, 0.15) is 12.8 Å². The Labute approximate surface area is 62.7 Å². The van der Waals surface area contributed by atoms with E-state index >= 15 is 0 Å². The maximum Gasteiger partial charge on any atom is 0.0297 e. The minimum absolute atomic E-state index is 0.841. The zero-order chi connectivity index (χ0) is 7.40. The van der Waals surface area contributed by atoms with Crippen LogP contribution in [0.25, 0.3) is 0 Å². The van der Waals surface area contributed by atoms with Crippen molar-refractivity contribution in [3.05, 3.63) is 11.6 Å². The Kier molecular flexibility index (Phi) is 2.53. The van der Waals surface area contributed by atoms with Crippen LogP contribution in [0.4, 0.5) is 0 Å². The van der Waals surface area contributed by atoms with Gasteiger partial charge in [0.05, 0.1) is 0 Å². The van der Waals surface area contributed by atoms with Gasteiger partial charge in [-0.2, -0.15) is 0 Å². The van der Waals surface area contributed by atoms with Crippen LogP contribution in [0.5, 0.6) is 0 Å². The van der Waals surface area contributed by atoms with E-state index in [4.69, 9.17) is 6.42 Å². The van der Waals surface area contributed by atoms with E-state index in [0.717, 1.165) is 25.9 Å². The third kappa shape index (κ3) is 1.89. The van der Waals surface area contributed by atoms with E-state index in [1.807, 2.05) is 0 Å². The van der Waals surface area contributed by atoms with Gasteiger partial charge in [-0.05, 0) is 13.5 Å². The Morgan fingerprint density at radius 2 is 2.60 bits per heavy atom. The molecule has 0 aromatic heterocycles. The van der Waals surface area contributed by atoms with Crippen LogP contribution in [0, 0.1) is 12.3 Å². The van der Waals surface area contributed by atoms with E-state index in [9.17, 15) is 0 Å². The Bertz CT molecular complexity index is 174. The first-order valence-corrected chi connectivity index (χ1v) is 3.63. The van der Waals surface area contributed by atoms with Crippen molar-refractivity contribution in [3.8, 4) is 12.3 Å². The monoisotopic (exact) mass is 135 g/mol. The van der Waals surface area contributed by atoms with Crippen LogP contribution in [-0.2, 0) is 0 Å². The second kappa shape index (κ2) is 3.43. The third-order valence-corrected chi connectivity index (χ3v) is 1.84. The van der Waals surface area contributed by atoms with E-state index in [-0.39, 0.29) is 0 Å². The molecule has 1 nitrogen and oxygen atoms in total. The maximum atomic E-state index is 5.19. The van der Waals surface area contributed by atoms with Crippen molar-refractivity contribution >= 4 is 0 Å². The number of hydrogen-bond acceptors (Lipinski definition) is 1. The molecule has 0 amide bonds. The lowest BCUT2D eigenvalue weighted by Crippen LogP contribution is -2.23. The standard InChI is InChI=1S/C9H13N/c1-3-4-9-5-7-10(2)8-6-9/h1,5H,4,6-8H2,2H3. The Morgan fingerprint density at radius 1 is 1.80 bits per heavy atom. The van der Waals surface area contributed by atoms with Crippen LogP contribution >= 0.6 is 0 Å². The molecule has 0 saturated carbocycles. The van der Waals surface area contributed by atoms with Crippen molar-refractivity contribution < 1.29 is 0 Å². The van der Waals surface area contributed by atoms with Gasteiger partial charge >= 0.3 is 0 Å². The van der Waals surface area contributed by atoms with Gasteiger partial charge in [0.2, 0.25) is 0 Å². The minimum atomic E-state index is 0.841. The fourth-order valence-electron chi connectivity index (χ4n) is 1.10. The van der Waals surface area contributed by atoms with Crippen molar-refractivity contribution in [3.63, 3.8) is 0 Å². The second-order valence-electron chi connectivity index (χ2n) is 2.76. The summed E-state index contributed by atoms with van der Waals surface area (Å²) in [7, 11) is 2.13. The molecule has 0 aromatic rings. The van der Waals surface area contributed by atoms with Gasteiger partial charge in [-0.15, -0.1) is 12.3 Å². The average Bonchev–Trinajstić information content (AvgIpc) is 1.95.